The van der Waals surface area contributed by atoms with Crippen molar-refractivity contribution in [1.29, 1.82) is 0 Å². The van der Waals surface area contributed by atoms with Gasteiger partial charge in [0.05, 0.1) is 37.6 Å². The SMILES string of the molecule is COc1ccc(S(=O)(=O)N(C)C[C@H]2Oc3ccc(NC(=O)NC(C)C)cc3CC(=O)N([C@@H](C)CO)C[C@@H]2C)cc1. The second kappa shape index (κ2) is 13.3. The smallest absolute Gasteiger partial charge is 0.319 e. The molecule has 1 aliphatic rings. The monoisotopic (exact) mass is 576 g/mol. The summed E-state index contributed by atoms with van der Waals surface area (Å²) in [6.07, 6.45) is -0.639. The fourth-order valence-electron chi connectivity index (χ4n) is 4.43. The van der Waals surface area contributed by atoms with E-state index in [2.05, 4.69) is 10.6 Å². The molecule has 0 unspecified atom stereocenters. The van der Waals surface area contributed by atoms with Crippen molar-refractivity contribution in [1.82, 2.24) is 14.5 Å². The van der Waals surface area contributed by atoms with Crippen LogP contribution in [0.3, 0.4) is 0 Å². The van der Waals surface area contributed by atoms with Crippen molar-refractivity contribution < 1.29 is 32.6 Å². The summed E-state index contributed by atoms with van der Waals surface area (Å²) in [6.45, 7) is 7.40. The van der Waals surface area contributed by atoms with Crippen LogP contribution in [0.15, 0.2) is 47.4 Å². The minimum absolute atomic E-state index is 0.0135. The molecule has 0 fully saturated rings. The largest absolute Gasteiger partial charge is 0.497 e. The quantitative estimate of drug-likeness (QED) is 0.417. The van der Waals surface area contributed by atoms with Gasteiger partial charge in [0.2, 0.25) is 15.9 Å². The highest BCUT2D eigenvalue weighted by Crippen LogP contribution is 2.30. The van der Waals surface area contributed by atoms with E-state index in [9.17, 15) is 23.1 Å². The molecule has 3 amide bonds. The summed E-state index contributed by atoms with van der Waals surface area (Å²) in [7, 11) is -0.850. The van der Waals surface area contributed by atoms with Crippen LogP contribution in [0.4, 0.5) is 10.5 Å². The number of methoxy groups -OCH3 is 1. The van der Waals surface area contributed by atoms with Crippen molar-refractivity contribution in [3.05, 3.63) is 48.0 Å². The molecule has 1 aliphatic heterocycles. The number of aliphatic hydroxyl groups excluding tert-OH is 1. The summed E-state index contributed by atoms with van der Waals surface area (Å²) in [5, 5.41) is 15.4. The molecule has 0 aromatic heterocycles. The molecule has 1 heterocycles. The maximum absolute atomic E-state index is 13.4. The molecule has 3 atom stereocenters. The van der Waals surface area contributed by atoms with Gasteiger partial charge in [-0.2, -0.15) is 4.31 Å². The highest BCUT2D eigenvalue weighted by Gasteiger charge is 2.33. The second-order valence-corrected chi connectivity index (χ2v) is 12.5. The highest BCUT2D eigenvalue weighted by atomic mass is 32.2. The lowest BCUT2D eigenvalue weighted by atomic mass is 10.0. The van der Waals surface area contributed by atoms with E-state index in [0.717, 1.165) is 0 Å². The number of ether oxygens (including phenoxy) is 2. The third-order valence-electron chi connectivity index (χ3n) is 6.80. The van der Waals surface area contributed by atoms with Crippen molar-refractivity contribution in [2.24, 2.45) is 5.92 Å². The van der Waals surface area contributed by atoms with Gasteiger partial charge >= 0.3 is 6.03 Å². The number of nitrogens with zero attached hydrogens (tertiary/aromatic N) is 2. The Bertz CT molecular complexity index is 1280. The summed E-state index contributed by atoms with van der Waals surface area (Å²) < 4.78 is 39.5. The van der Waals surface area contributed by atoms with Gasteiger partial charge in [0.1, 0.15) is 17.6 Å². The molecule has 40 heavy (non-hydrogen) atoms. The molecule has 2 aromatic rings. The van der Waals surface area contributed by atoms with Crippen LogP contribution in [-0.4, -0.2) is 86.7 Å². The topological polar surface area (TPSA) is 138 Å². The third-order valence-corrected chi connectivity index (χ3v) is 8.64. The molecule has 11 nitrogen and oxygen atoms in total. The van der Waals surface area contributed by atoms with E-state index in [-0.39, 0.29) is 54.9 Å². The van der Waals surface area contributed by atoms with Crippen molar-refractivity contribution >= 4 is 27.6 Å². The van der Waals surface area contributed by atoms with Gasteiger partial charge in [-0.3, -0.25) is 4.79 Å². The third kappa shape index (κ3) is 7.64. The zero-order chi connectivity index (χ0) is 29.6. The number of anilines is 1. The summed E-state index contributed by atoms with van der Waals surface area (Å²) >= 11 is 0. The standard InChI is InChI=1S/C28H40N4O7S/c1-18(2)29-28(35)30-22-7-12-25-21(13-22)14-27(34)32(20(4)17-33)15-19(3)26(39-25)16-31(5)40(36,37)24-10-8-23(38-6)9-11-24/h7-13,18-20,26,33H,14-17H2,1-6H3,(H2,29,30,35)/t19-,20-,26+/m0/s1. The van der Waals surface area contributed by atoms with E-state index < -0.39 is 22.2 Å². The Morgan fingerprint density at radius 2 is 1.88 bits per heavy atom. The molecule has 3 rings (SSSR count). The number of carbonyl (C=O) groups is 2. The lowest BCUT2D eigenvalue weighted by molar-refractivity contribution is -0.134. The molecule has 0 saturated carbocycles. The van der Waals surface area contributed by atoms with Gasteiger partial charge in [0.15, 0.2) is 0 Å². The van der Waals surface area contributed by atoms with Crippen LogP contribution in [0.5, 0.6) is 11.5 Å². The minimum Gasteiger partial charge on any atom is -0.497 e. The lowest BCUT2D eigenvalue weighted by Crippen LogP contribution is -2.48. The van der Waals surface area contributed by atoms with Gasteiger partial charge in [0.25, 0.3) is 0 Å². The first-order valence-corrected chi connectivity index (χ1v) is 14.7. The van der Waals surface area contributed by atoms with Crippen LogP contribution in [-0.2, 0) is 21.2 Å². The average Bonchev–Trinajstić information content (AvgIpc) is 2.95. The van der Waals surface area contributed by atoms with E-state index in [0.29, 0.717) is 22.7 Å². The Morgan fingerprint density at radius 3 is 2.48 bits per heavy atom. The van der Waals surface area contributed by atoms with Crippen LogP contribution < -0.4 is 20.1 Å². The first-order chi connectivity index (χ1) is 18.8. The van der Waals surface area contributed by atoms with E-state index in [4.69, 9.17) is 9.47 Å². The van der Waals surface area contributed by atoms with E-state index in [1.54, 1.807) is 42.2 Å². The predicted molar refractivity (Wildman–Crippen MR) is 152 cm³/mol. The Balaban J connectivity index is 1.94. The number of nitrogens with one attached hydrogen (secondary N) is 2. The average molecular weight is 577 g/mol. The molecular weight excluding hydrogens is 536 g/mol. The lowest BCUT2D eigenvalue weighted by Gasteiger charge is -2.33. The van der Waals surface area contributed by atoms with E-state index in [1.165, 1.54) is 30.6 Å². The van der Waals surface area contributed by atoms with Crippen molar-refractivity contribution in [3.8, 4) is 11.5 Å². The van der Waals surface area contributed by atoms with Crippen molar-refractivity contribution in [3.63, 3.8) is 0 Å². The van der Waals surface area contributed by atoms with Gasteiger partial charge in [-0.05, 0) is 63.2 Å². The first kappa shape index (κ1) is 31.2. The summed E-state index contributed by atoms with van der Waals surface area (Å²) in [6, 6.07) is 10.3. The van der Waals surface area contributed by atoms with Crippen LogP contribution in [0, 0.1) is 5.92 Å². The maximum Gasteiger partial charge on any atom is 0.319 e. The highest BCUT2D eigenvalue weighted by molar-refractivity contribution is 7.89. The zero-order valence-electron chi connectivity index (χ0n) is 23.9. The molecule has 2 aromatic carbocycles. The summed E-state index contributed by atoms with van der Waals surface area (Å²) in [5.41, 5.74) is 1.03. The molecule has 0 saturated heterocycles. The van der Waals surface area contributed by atoms with Gasteiger partial charge in [0, 0.05) is 36.8 Å². The Kier molecular flexibility index (Phi) is 10.4. The van der Waals surface area contributed by atoms with Crippen LogP contribution in [0.25, 0.3) is 0 Å². The van der Waals surface area contributed by atoms with Crippen LogP contribution >= 0.6 is 0 Å². The molecule has 0 radical (unpaired) electrons. The molecule has 0 bridgehead atoms. The predicted octanol–water partition coefficient (Wildman–Crippen LogP) is 2.69. The molecule has 220 valence electrons. The number of rotatable bonds is 9. The van der Waals surface area contributed by atoms with E-state index in [1.807, 2.05) is 20.8 Å². The number of amides is 3. The number of sulfonamides is 1. The number of urea groups is 1. The van der Waals surface area contributed by atoms with Gasteiger partial charge in [-0.25, -0.2) is 13.2 Å². The number of hydrogen-bond acceptors (Lipinski definition) is 7. The number of hydrogen-bond donors (Lipinski definition) is 3. The number of carbonyl (C=O) groups excluding carboxylic acids is 2. The Labute approximate surface area is 236 Å². The molecule has 0 spiro atoms. The fourth-order valence-corrected chi connectivity index (χ4v) is 5.62. The number of benzene rings is 2. The maximum atomic E-state index is 13.4. The molecule has 3 N–H and O–H groups in total. The van der Waals surface area contributed by atoms with Crippen molar-refractivity contribution in [2.75, 3.05) is 39.2 Å². The van der Waals surface area contributed by atoms with Crippen molar-refractivity contribution in [2.45, 2.75) is 57.2 Å². The van der Waals surface area contributed by atoms with E-state index >= 15 is 0 Å². The van der Waals surface area contributed by atoms with Crippen LogP contribution in [0.1, 0.15) is 33.3 Å². The molecular formula is C28H40N4O7S. The molecule has 0 aliphatic carbocycles. The molecule has 12 heteroatoms. The Hall–Kier alpha value is -3.35. The number of fused-ring (bicyclic) bond motifs is 1. The minimum atomic E-state index is -3.85. The number of aliphatic hydroxyl groups is 1. The zero-order valence-corrected chi connectivity index (χ0v) is 24.7. The van der Waals surface area contributed by atoms with Gasteiger partial charge in [-0.1, -0.05) is 6.92 Å². The first-order valence-electron chi connectivity index (χ1n) is 13.2. The van der Waals surface area contributed by atoms with Crippen LogP contribution in [0.2, 0.25) is 0 Å². The number of likely N-dealkylation sites (N-methyl/N-ethyl adjacent to an activating group) is 1. The summed E-state index contributed by atoms with van der Waals surface area (Å²) in [4.78, 5) is 27.3. The normalized spacial score (nSPS) is 18.7. The summed E-state index contributed by atoms with van der Waals surface area (Å²) in [5.74, 6) is 0.479. The van der Waals surface area contributed by atoms with Gasteiger partial charge in [-0.15, -0.1) is 0 Å². The second-order valence-electron chi connectivity index (χ2n) is 10.4. The Morgan fingerprint density at radius 1 is 1.20 bits per heavy atom. The van der Waals surface area contributed by atoms with Gasteiger partial charge < -0.3 is 30.1 Å². The fraction of sp³-hybridized carbons (Fsp3) is 0.500.